The number of nitrogens with zero attached hydrogens (tertiary/aromatic N) is 1. The average Bonchev–Trinajstić information content (AvgIpc) is 3.13. The number of fused-ring (bicyclic) bond motifs is 1. The fourth-order valence-corrected chi connectivity index (χ4v) is 3.26. The van der Waals surface area contributed by atoms with Crippen LogP contribution in [0.3, 0.4) is 0 Å². The van der Waals surface area contributed by atoms with Crippen LogP contribution < -0.4 is 10.2 Å². The third-order valence-corrected chi connectivity index (χ3v) is 4.74. The third-order valence-electron chi connectivity index (χ3n) is 4.74. The Hall–Kier alpha value is -3.64. The monoisotopic (exact) mass is 389 g/mol. The second-order valence-electron chi connectivity index (χ2n) is 6.92. The van der Waals surface area contributed by atoms with Gasteiger partial charge in [-0.15, -0.1) is 0 Å². The molecule has 4 rings (SSSR count). The smallest absolute Gasteiger partial charge is 0.272 e. The summed E-state index contributed by atoms with van der Waals surface area (Å²) >= 11 is 0. The molecule has 1 aromatic heterocycles. The van der Waals surface area contributed by atoms with Gasteiger partial charge in [-0.3, -0.25) is 9.69 Å². The van der Waals surface area contributed by atoms with Crippen molar-refractivity contribution in [2.75, 3.05) is 10.2 Å². The number of carbonyl (C=O) groups is 1. The molecule has 1 aliphatic rings. The van der Waals surface area contributed by atoms with E-state index < -0.39 is 6.23 Å². The van der Waals surface area contributed by atoms with Crippen LogP contribution in [0.5, 0.6) is 0 Å². The summed E-state index contributed by atoms with van der Waals surface area (Å²) < 4.78 is 13.3. The first-order valence-corrected chi connectivity index (χ1v) is 9.14. The molecule has 0 bridgehead atoms. The van der Waals surface area contributed by atoms with Gasteiger partial charge in [0.05, 0.1) is 0 Å². The number of allylic oxidation sites excluding steroid dienone is 1. The summed E-state index contributed by atoms with van der Waals surface area (Å²) in [6, 6.07) is 15.0. The molecule has 3 N–H and O–H groups in total. The number of carbonyl (C=O) groups excluding carboxylic acids is 1. The Morgan fingerprint density at radius 3 is 2.69 bits per heavy atom. The topological polar surface area (TPSA) is 68.4 Å². The number of aliphatic hydroxyl groups is 1. The van der Waals surface area contributed by atoms with E-state index in [-0.39, 0.29) is 11.7 Å². The van der Waals surface area contributed by atoms with Crippen LogP contribution in [0.1, 0.15) is 28.5 Å². The van der Waals surface area contributed by atoms with Gasteiger partial charge in [0.25, 0.3) is 5.91 Å². The third kappa shape index (κ3) is 3.70. The maximum absolute atomic E-state index is 13.3. The Morgan fingerprint density at radius 1 is 1.21 bits per heavy atom. The van der Waals surface area contributed by atoms with Crippen LogP contribution in [0.4, 0.5) is 21.6 Å². The number of nitrogens with one attached hydrogen (secondary N) is 2. The molecule has 0 saturated carbocycles. The van der Waals surface area contributed by atoms with E-state index in [1.54, 1.807) is 35.3 Å². The zero-order valence-corrected chi connectivity index (χ0v) is 15.8. The van der Waals surface area contributed by atoms with Gasteiger partial charge in [-0.2, -0.15) is 0 Å². The molecule has 146 valence electrons. The Labute approximate surface area is 167 Å². The molecule has 0 saturated heterocycles. The Balaban J connectivity index is 1.63. The number of halogens is 1. The van der Waals surface area contributed by atoms with Crippen molar-refractivity contribution in [3.63, 3.8) is 0 Å². The van der Waals surface area contributed by atoms with Gasteiger partial charge in [-0.1, -0.05) is 30.4 Å². The predicted octanol–water partition coefficient (Wildman–Crippen LogP) is 4.92. The lowest BCUT2D eigenvalue weighted by Gasteiger charge is -2.30. The van der Waals surface area contributed by atoms with E-state index in [2.05, 4.69) is 16.9 Å². The molecule has 29 heavy (non-hydrogen) atoms. The summed E-state index contributed by atoms with van der Waals surface area (Å²) in [6.45, 7) is 5.82. The summed E-state index contributed by atoms with van der Waals surface area (Å²) in [5.74, 6) is -0.104. The molecular formula is C23H20FN3O2. The van der Waals surface area contributed by atoms with Gasteiger partial charge in [0.15, 0.2) is 6.23 Å². The number of H-pyrrole nitrogens is 1. The predicted molar refractivity (Wildman–Crippen MR) is 113 cm³/mol. The van der Waals surface area contributed by atoms with Gasteiger partial charge in [-0.25, -0.2) is 4.39 Å². The minimum atomic E-state index is -0.935. The lowest BCUT2D eigenvalue weighted by molar-refractivity contribution is 0.102. The van der Waals surface area contributed by atoms with Gasteiger partial charge < -0.3 is 15.4 Å². The SMILES string of the molecule is C=C(C)c1cccc(NC(=O)c2cc3c([nH]2)N(c2ccc(F)cc2)C(O)C=C3)c1. The lowest BCUT2D eigenvalue weighted by Crippen LogP contribution is -2.31. The molecule has 0 fully saturated rings. The van der Waals surface area contributed by atoms with Crippen LogP contribution in [0.25, 0.3) is 11.6 Å². The van der Waals surface area contributed by atoms with Crippen molar-refractivity contribution in [1.29, 1.82) is 0 Å². The highest BCUT2D eigenvalue weighted by molar-refractivity contribution is 6.04. The summed E-state index contributed by atoms with van der Waals surface area (Å²) in [5.41, 5.74) is 4.22. The number of anilines is 3. The number of benzene rings is 2. The van der Waals surface area contributed by atoms with Crippen LogP contribution in [0.2, 0.25) is 0 Å². The van der Waals surface area contributed by atoms with Crippen molar-refractivity contribution >= 4 is 34.7 Å². The van der Waals surface area contributed by atoms with Gasteiger partial charge in [0, 0.05) is 16.9 Å². The van der Waals surface area contributed by atoms with Gasteiger partial charge in [0.2, 0.25) is 0 Å². The van der Waals surface area contributed by atoms with Crippen molar-refractivity contribution in [2.45, 2.75) is 13.2 Å². The molecule has 3 aromatic rings. The minimum Gasteiger partial charge on any atom is -0.369 e. The molecule has 5 nitrogen and oxygen atoms in total. The number of aliphatic hydroxyl groups excluding tert-OH is 1. The molecule has 2 heterocycles. The summed E-state index contributed by atoms with van der Waals surface area (Å²) in [7, 11) is 0. The van der Waals surface area contributed by atoms with E-state index in [0.29, 0.717) is 22.9 Å². The molecule has 0 spiro atoms. The maximum atomic E-state index is 13.3. The molecule has 1 unspecified atom stereocenters. The number of hydrogen-bond acceptors (Lipinski definition) is 3. The number of amides is 1. The Morgan fingerprint density at radius 2 is 1.97 bits per heavy atom. The van der Waals surface area contributed by atoms with Gasteiger partial charge in [-0.05, 0) is 61.0 Å². The molecule has 1 amide bonds. The van der Waals surface area contributed by atoms with Crippen LogP contribution >= 0.6 is 0 Å². The van der Waals surface area contributed by atoms with Gasteiger partial charge in [0.1, 0.15) is 17.3 Å². The summed E-state index contributed by atoms with van der Waals surface area (Å²) in [6.07, 6.45) is 2.42. The first-order chi connectivity index (χ1) is 13.9. The second kappa shape index (κ2) is 7.41. The normalized spacial score (nSPS) is 15.1. The van der Waals surface area contributed by atoms with Crippen LogP contribution in [0.15, 0.2) is 67.3 Å². The molecule has 1 atom stereocenters. The Kier molecular flexibility index (Phi) is 4.78. The second-order valence-corrected chi connectivity index (χ2v) is 6.92. The quantitative estimate of drug-likeness (QED) is 0.593. The zero-order valence-electron chi connectivity index (χ0n) is 15.8. The van der Waals surface area contributed by atoms with E-state index in [9.17, 15) is 14.3 Å². The van der Waals surface area contributed by atoms with Crippen molar-refractivity contribution < 1.29 is 14.3 Å². The average molecular weight is 389 g/mol. The van der Waals surface area contributed by atoms with Crippen LogP contribution in [-0.4, -0.2) is 22.2 Å². The standard InChI is InChI=1S/C23H20FN3O2/c1-14(2)15-4-3-5-18(12-15)25-23(29)20-13-16-6-11-21(28)27(22(16)26-20)19-9-7-17(24)8-10-19/h3-13,21,26,28H,1H2,2H3,(H,25,29). The highest BCUT2D eigenvalue weighted by Crippen LogP contribution is 2.35. The molecule has 6 heteroatoms. The molecular weight excluding hydrogens is 369 g/mol. The maximum Gasteiger partial charge on any atom is 0.272 e. The molecule has 0 radical (unpaired) electrons. The summed E-state index contributed by atoms with van der Waals surface area (Å²) in [5, 5.41) is 13.3. The number of hydrogen-bond donors (Lipinski definition) is 3. The first-order valence-electron chi connectivity index (χ1n) is 9.14. The van der Waals surface area contributed by atoms with Crippen molar-refractivity contribution in [3.05, 3.63) is 89.9 Å². The zero-order chi connectivity index (χ0) is 20.5. The highest BCUT2D eigenvalue weighted by Gasteiger charge is 2.26. The number of aromatic amines is 1. The van der Waals surface area contributed by atoms with E-state index in [1.807, 2.05) is 31.2 Å². The fraction of sp³-hybridized carbons (Fsp3) is 0.0870. The van der Waals surface area contributed by atoms with E-state index in [0.717, 1.165) is 16.7 Å². The fourth-order valence-electron chi connectivity index (χ4n) is 3.26. The molecule has 1 aliphatic heterocycles. The number of rotatable bonds is 4. The minimum absolute atomic E-state index is 0.305. The number of aromatic nitrogens is 1. The van der Waals surface area contributed by atoms with E-state index in [1.165, 1.54) is 12.1 Å². The van der Waals surface area contributed by atoms with Crippen molar-refractivity contribution in [3.8, 4) is 0 Å². The lowest BCUT2D eigenvalue weighted by atomic mass is 10.1. The van der Waals surface area contributed by atoms with E-state index >= 15 is 0 Å². The van der Waals surface area contributed by atoms with Crippen LogP contribution in [0, 0.1) is 5.82 Å². The van der Waals surface area contributed by atoms with E-state index in [4.69, 9.17) is 0 Å². The van der Waals surface area contributed by atoms with Crippen molar-refractivity contribution in [1.82, 2.24) is 4.98 Å². The summed E-state index contributed by atoms with van der Waals surface area (Å²) in [4.78, 5) is 17.4. The molecule has 0 aliphatic carbocycles. The van der Waals surface area contributed by atoms with Crippen molar-refractivity contribution in [2.24, 2.45) is 0 Å². The largest absolute Gasteiger partial charge is 0.369 e. The molecule has 2 aromatic carbocycles. The Bertz CT molecular complexity index is 1120. The van der Waals surface area contributed by atoms with Gasteiger partial charge >= 0.3 is 0 Å². The first kappa shape index (κ1) is 18.7. The van der Waals surface area contributed by atoms with Crippen LogP contribution in [-0.2, 0) is 0 Å². The highest BCUT2D eigenvalue weighted by atomic mass is 19.1.